The Morgan fingerprint density at radius 2 is 1.96 bits per heavy atom. The molecule has 0 fully saturated rings. The Morgan fingerprint density at radius 3 is 2.48 bits per heavy atom. The van der Waals surface area contributed by atoms with Crippen LogP contribution in [0.3, 0.4) is 0 Å². The first-order valence-electron chi connectivity index (χ1n) is 7.93. The third-order valence-corrected chi connectivity index (χ3v) is 10.00. The van der Waals surface area contributed by atoms with Crippen LogP contribution in [0.4, 0.5) is 0 Å². The Labute approximate surface area is 145 Å². The predicted molar refractivity (Wildman–Crippen MR) is 101 cm³/mol. The number of thiazole rings is 1. The van der Waals surface area contributed by atoms with E-state index in [1.54, 1.807) is 12.3 Å². The molecule has 0 atom stereocenters. The molecule has 4 nitrogen and oxygen atoms in total. The van der Waals surface area contributed by atoms with Gasteiger partial charge in [0.2, 0.25) is 5.78 Å². The molecule has 0 saturated carbocycles. The Morgan fingerprint density at radius 1 is 1.35 bits per heavy atom. The molecular formula is C17H30N2O2SSi. The maximum atomic E-state index is 12.1. The number of carbonyl (C=O) groups is 1. The van der Waals surface area contributed by atoms with Gasteiger partial charge in [-0.3, -0.25) is 4.79 Å². The highest BCUT2D eigenvalue weighted by atomic mass is 32.1. The molecule has 0 bridgehead atoms. The molecule has 0 amide bonds. The average molecular weight is 355 g/mol. The molecule has 0 aliphatic heterocycles. The minimum Gasteiger partial charge on any atom is -0.416 e. The molecule has 0 aliphatic rings. The quantitative estimate of drug-likeness (QED) is 0.416. The van der Waals surface area contributed by atoms with Crippen molar-refractivity contribution in [1.82, 2.24) is 9.88 Å². The average Bonchev–Trinajstić information content (AvgIpc) is 2.76. The first kappa shape index (κ1) is 20.1. The molecule has 0 N–H and O–H groups in total. The molecule has 0 unspecified atom stereocenters. The lowest BCUT2D eigenvalue weighted by molar-refractivity contribution is 0.104. The standard InChI is InChI=1S/C17H30N2O2SSi/c1-13-15(10-12-21-23(7,8)17(2,3)4)22-16(18-13)14(20)9-11-19(5)6/h9,11H,10,12H2,1-8H3. The van der Waals surface area contributed by atoms with Crippen molar-refractivity contribution < 1.29 is 9.22 Å². The summed E-state index contributed by atoms with van der Waals surface area (Å²) in [5.74, 6) is -0.0386. The molecular weight excluding hydrogens is 324 g/mol. The van der Waals surface area contributed by atoms with Gasteiger partial charge in [0.1, 0.15) is 0 Å². The number of aromatic nitrogens is 1. The summed E-state index contributed by atoms with van der Waals surface area (Å²) in [6.07, 6.45) is 4.13. The molecule has 0 saturated heterocycles. The SMILES string of the molecule is Cc1nc(C(=O)C=CN(C)C)sc1CCO[Si](C)(C)C(C)(C)C. The van der Waals surface area contributed by atoms with Gasteiger partial charge in [0, 0.05) is 44.3 Å². The van der Waals surface area contributed by atoms with Crippen LogP contribution in [0.1, 0.15) is 41.1 Å². The third kappa shape index (κ3) is 5.86. The summed E-state index contributed by atoms with van der Waals surface area (Å²) in [5.41, 5.74) is 0.940. The molecule has 0 radical (unpaired) electrons. The minimum atomic E-state index is -1.72. The van der Waals surface area contributed by atoms with Gasteiger partial charge in [-0.15, -0.1) is 11.3 Å². The number of carbonyl (C=O) groups excluding carboxylic acids is 1. The van der Waals surface area contributed by atoms with E-state index in [4.69, 9.17) is 4.43 Å². The van der Waals surface area contributed by atoms with E-state index in [1.807, 2.05) is 25.9 Å². The molecule has 0 aromatic carbocycles. The Balaban J connectivity index is 2.68. The van der Waals surface area contributed by atoms with Crippen molar-refractivity contribution in [1.29, 1.82) is 0 Å². The van der Waals surface area contributed by atoms with Crippen LogP contribution in [-0.2, 0) is 10.8 Å². The zero-order valence-electron chi connectivity index (χ0n) is 15.7. The van der Waals surface area contributed by atoms with Crippen LogP contribution in [0.25, 0.3) is 0 Å². The van der Waals surface area contributed by atoms with Crippen LogP contribution in [0.2, 0.25) is 18.1 Å². The van der Waals surface area contributed by atoms with Crippen LogP contribution in [0.15, 0.2) is 12.3 Å². The monoisotopic (exact) mass is 354 g/mol. The van der Waals surface area contributed by atoms with Gasteiger partial charge in [0.25, 0.3) is 0 Å². The highest BCUT2D eigenvalue weighted by Crippen LogP contribution is 2.36. The van der Waals surface area contributed by atoms with Crippen LogP contribution in [0, 0.1) is 6.92 Å². The lowest BCUT2D eigenvalue weighted by atomic mass is 10.2. The van der Waals surface area contributed by atoms with Gasteiger partial charge in [-0.05, 0) is 25.1 Å². The Hall–Kier alpha value is -0.983. The lowest BCUT2D eigenvalue weighted by Crippen LogP contribution is -2.41. The highest BCUT2D eigenvalue weighted by Gasteiger charge is 2.36. The van der Waals surface area contributed by atoms with E-state index in [0.717, 1.165) is 17.0 Å². The molecule has 6 heteroatoms. The maximum Gasteiger partial charge on any atom is 0.215 e. The molecule has 130 valence electrons. The van der Waals surface area contributed by atoms with E-state index in [0.29, 0.717) is 11.6 Å². The summed E-state index contributed by atoms with van der Waals surface area (Å²) >= 11 is 1.48. The summed E-state index contributed by atoms with van der Waals surface area (Å²) in [6, 6.07) is 0. The summed E-state index contributed by atoms with van der Waals surface area (Å²) in [7, 11) is 2.06. The van der Waals surface area contributed by atoms with E-state index in [9.17, 15) is 4.79 Å². The van der Waals surface area contributed by atoms with E-state index in [1.165, 1.54) is 11.3 Å². The molecule has 1 aromatic heterocycles. The largest absolute Gasteiger partial charge is 0.416 e. The molecule has 0 aliphatic carbocycles. The van der Waals surface area contributed by atoms with Crippen molar-refractivity contribution in [2.45, 2.75) is 52.2 Å². The van der Waals surface area contributed by atoms with Gasteiger partial charge >= 0.3 is 0 Å². The van der Waals surface area contributed by atoms with Crippen molar-refractivity contribution in [3.63, 3.8) is 0 Å². The van der Waals surface area contributed by atoms with E-state index >= 15 is 0 Å². The van der Waals surface area contributed by atoms with Crippen LogP contribution in [-0.4, -0.2) is 44.7 Å². The van der Waals surface area contributed by atoms with Gasteiger partial charge in [0.15, 0.2) is 13.3 Å². The van der Waals surface area contributed by atoms with Crippen LogP contribution >= 0.6 is 11.3 Å². The van der Waals surface area contributed by atoms with Crippen molar-refractivity contribution in [2.24, 2.45) is 0 Å². The van der Waals surface area contributed by atoms with Crippen molar-refractivity contribution in [3.05, 3.63) is 27.9 Å². The second-order valence-corrected chi connectivity index (χ2v) is 13.4. The van der Waals surface area contributed by atoms with E-state index in [-0.39, 0.29) is 10.8 Å². The van der Waals surface area contributed by atoms with Gasteiger partial charge in [-0.25, -0.2) is 4.98 Å². The summed E-state index contributed by atoms with van der Waals surface area (Å²) in [5, 5.41) is 0.774. The Bertz CT molecular complexity index is 572. The molecule has 1 rings (SSSR count). The zero-order valence-corrected chi connectivity index (χ0v) is 17.5. The topological polar surface area (TPSA) is 42.4 Å². The van der Waals surface area contributed by atoms with Crippen molar-refractivity contribution in [3.8, 4) is 0 Å². The second-order valence-electron chi connectivity index (χ2n) is 7.53. The fraction of sp³-hybridized carbons (Fsp3) is 0.647. The smallest absolute Gasteiger partial charge is 0.215 e. The first-order chi connectivity index (χ1) is 10.4. The fourth-order valence-corrected chi connectivity index (χ4v) is 3.68. The number of ketones is 1. The summed E-state index contributed by atoms with van der Waals surface area (Å²) < 4.78 is 6.21. The number of rotatable bonds is 7. The maximum absolute atomic E-state index is 12.1. The molecule has 1 heterocycles. The lowest BCUT2D eigenvalue weighted by Gasteiger charge is -2.36. The van der Waals surface area contributed by atoms with Gasteiger partial charge in [-0.2, -0.15) is 0 Å². The highest BCUT2D eigenvalue weighted by molar-refractivity contribution is 7.13. The van der Waals surface area contributed by atoms with Crippen molar-refractivity contribution >= 4 is 25.4 Å². The first-order valence-corrected chi connectivity index (χ1v) is 11.7. The Kier molecular flexibility index (Phi) is 6.74. The molecule has 1 aromatic rings. The minimum absolute atomic E-state index is 0.0386. The number of allylic oxidation sites excluding steroid dienone is 1. The number of hydrogen-bond acceptors (Lipinski definition) is 5. The predicted octanol–water partition coefficient (Wildman–Crippen LogP) is 4.27. The normalized spacial score (nSPS) is 12.9. The number of aryl methyl sites for hydroxylation is 1. The van der Waals surface area contributed by atoms with Crippen LogP contribution < -0.4 is 0 Å². The number of nitrogens with zero attached hydrogens (tertiary/aromatic N) is 2. The second kappa shape index (κ2) is 7.72. The fourth-order valence-electron chi connectivity index (χ4n) is 1.67. The van der Waals surface area contributed by atoms with E-state index < -0.39 is 8.32 Å². The van der Waals surface area contributed by atoms with Crippen molar-refractivity contribution in [2.75, 3.05) is 20.7 Å². The summed E-state index contributed by atoms with van der Waals surface area (Å²) in [6.45, 7) is 13.9. The summed E-state index contributed by atoms with van der Waals surface area (Å²) in [4.78, 5) is 19.5. The molecule has 0 spiro atoms. The van der Waals surface area contributed by atoms with E-state index in [2.05, 4.69) is 38.8 Å². The third-order valence-electron chi connectivity index (χ3n) is 4.23. The number of hydrogen-bond donors (Lipinski definition) is 0. The van der Waals surface area contributed by atoms with Gasteiger partial charge in [0.05, 0.1) is 5.69 Å². The van der Waals surface area contributed by atoms with Gasteiger partial charge < -0.3 is 9.33 Å². The molecule has 23 heavy (non-hydrogen) atoms. The van der Waals surface area contributed by atoms with Gasteiger partial charge in [-0.1, -0.05) is 20.8 Å². The zero-order chi connectivity index (χ0) is 17.8. The van der Waals surface area contributed by atoms with Crippen LogP contribution in [0.5, 0.6) is 0 Å².